The maximum Gasteiger partial charge on any atom is 0.334 e. The van der Waals surface area contributed by atoms with E-state index >= 15 is 0 Å². The molecule has 0 spiro atoms. The lowest BCUT2D eigenvalue weighted by atomic mass is 10.2. The van der Waals surface area contributed by atoms with Crippen LogP contribution in [0.3, 0.4) is 0 Å². The molecule has 1 aliphatic rings. The summed E-state index contributed by atoms with van der Waals surface area (Å²) in [6.45, 7) is 2.68. The maximum absolute atomic E-state index is 13.6. The van der Waals surface area contributed by atoms with Crippen LogP contribution in [-0.4, -0.2) is 38.0 Å². The van der Waals surface area contributed by atoms with Crippen molar-refractivity contribution in [2.45, 2.75) is 19.4 Å². The smallest absolute Gasteiger partial charge is 0.334 e. The van der Waals surface area contributed by atoms with Crippen molar-refractivity contribution in [2.24, 2.45) is 0 Å². The fourth-order valence-corrected chi connectivity index (χ4v) is 4.28. The topological polar surface area (TPSA) is 69.4 Å². The van der Waals surface area contributed by atoms with Gasteiger partial charge >= 0.3 is 5.69 Å². The third kappa shape index (κ3) is 3.87. The van der Waals surface area contributed by atoms with Gasteiger partial charge in [0.2, 0.25) is 0 Å². The van der Waals surface area contributed by atoms with Gasteiger partial charge in [-0.25, -0.2) is 4.79 Å². The molecule has 0 bridgehead atoms. The lowest BCUT2D eigenvalue weighted by Crippen LogP contribution is -2.31. The van der Waals surface area contributed by atoms with Gasteiger partial charge in [-0.05, 0) is 61.7 Å². The number of carbonyl (C=O) groups excluding carboxylic acids is 1. The van der Waals surface area contributed by atoms with Gasteiger partial charge in [0, 0.05) is 19.3 Å². The van der Waals surface area contributed by atoms with Crippen molar-refractivity contribution in [1.29, 1.82) is 0 Å². The predicted octanol–water partition coefficient (Wildman–Crippen LogP) is 3.78. The minimum Gasteiger partial charge on any atom is -0.457 e. The van der Waals surface area contributed by atoms with Gasteiger partial charge in [-0.15, -0.1) is 0 Å². The Bertz CT molecular complexity index is 1430. The van der Waals surface area contributed by atoms with E-state index in [1.165, 1.54) is 0 Å². The molecule has 1 aliphatic heterocycles. The zero-order valence-electron chi connectivity index (χ0n) is 18.1. The van der Waals surface area contributed by atoms with Gasteiger partial charge < -0.3 is 9.64 Å². The Morgan fingerprint density at radius 2 is 1.79 bits per heavy atom. The summed E-state index contributed by atoms with van der Waals surface area (Å²) in [7, 11) is 0. The van der Waals surface area contributed by atoms with E-state index in [1.54, 1.807) is 33.4 Å². The van der Waals surface area contributed by atoms with Crippen LogP contribution in [0.1, 0.15) is 19.4 Å². The first-order chi connectivity index (χ1) is 16.2. The second kappa shape index (κ2) is 8.67. The number of hydrogen-bond donors (Lipinski definition) is 0. The Morgan fingerprint density at radius 1 is 1.03 bits per heavy atom. The number of ether oxygens (including phenoxy) is 1. The SMILES string of the molecule is CC#CC(=O)N1CCC(n2c(=O)n(-c3ccc(Oc4ccccc4)cc3)c3cnccc32)C1. The number of nitrogens with zero attached hydrogens (tertiary/aromatic N) is 4. The minimum absolute atomic E-state index is 0.119. The first-order valence-corrected chi connectivity index (χ1v) is 10.8. The summed E-state index contributed by atoms with van der Waals surface area (Å²) in [6.07, 6.45) is 4.07. The highest BCUT2D eigenvalue weighted by atomic mass is 16.5. The van der Waals surface area contributed by atoms with Crippen molar-refractivity contribution in [3.8, 4) is 29.0 Å². The largest absolute Gasteiger partial charge is 0.457 e. The second-order valence-corrected chi connectivity index (χ2v) is 7.83. The minimum atomic E-state index is -0.201. The first kappa shape index (κ1) is 20.6. The van der Waals surface area contributed by atoms with Crippen molar-refractivity contribution in [3.63, 3.8) is 0 Å². The molecule has 164 valence electrons. The lowest BCUT2D eigenvalue weighted by molar-refractivity contribution is -0.124. The Labute approximate surface area is 190 Å². The standard InChI is InChI=1S/C26H22N4O3/c1-2-6-25(31)28-16-14-20(18-28)30-23-13-15-27-17-24(23)29(26(30)32)19-9-11-22(12-10-19)33-21-7-4-3-5-8-21/h3-5,7-13,15,17,20H,14,16,18H2,1H3. The van der Waals surface area contributed by atoms with Crippen LogP contribution in [0.15, 0.2) is 77.9 Å². The molecule has 33 heavy (non-hydrogen) atoms. The summed E-state index contributed by atoms with van der Waals surface area (Å²) < 4.78 is 9.31. The molecule has 0 radical (unpaired) electrons. The summed E-state index contributed by atoms with van der Waals surface area (Å²) in [5.41, 5.74) is 2.08. The molecular formula is C26H22N4O3. The molecule has 1 fully saturated rings. The third-order valence-corrected chi connectivity index (χ3v) is 5.80. The molecule has 3 heterocycles. The van der Waals surface area contributed by atoms with Crippen LogP contribution in [0.4, 0.5) is 0 Å². The number of para-hydroxylation sites is 1. The predicted molar refractivity (Wildman–Crippen MR) is 126 cm³/mol. The van der Waals surface area contributed by atoms with E-state index in [-0.39, 0.29) is 17.6 Å². The number of benzene rings is 2. The number of aromatic nitrogens is 3. The molecule has 1 saturated heterocycles. The molecule has 4 aromatic rings. The summed E-state index contributed by atoms with van der Waals surface area (Å²) in [5.74, 6) is 6.47. The van der Waals surface area contributed by atoms with Crippen molar-refractivity contribution >= 4 is 16.9 Å². The number of rotatable bonds is 4. The molecule has 0 aliphatic carbocycles. The highest BCUT2D eigenvalue weighted by Gasteiger charge is 2.30. The van der Waals surface area contributed by atoms with Gasteiger partial charge in [0.25, 0.3) is 5.91 Å². The number of pyridine rings is 1. The summed E-state index contributed by atoms with van der Waals surface area (Å²) in [6, 6.07) is 18.7. The average molecular weight is 438 g/mol. The molecule has 7 nitrogen and oxygen atoms in total. The molecule has 1 unspecified atom stereocenters. The van der Waals surface area contributed by atoms with Crippen LogP contribution >= 0.6 is 0 Å². The van der Waals surface area contributed by atoms with E-state index < -0.39 is 0 Å². The van der Waals surface area contributed by atoms with Gasteiger partial charge in [0.1, 0.15) is 11.5 Å². The first-order valence-electron chi connectivity index (χ1n) is 10.8. The van der Waals surface area contributed by atoms with Crippen molar-refractivity contribution in [1.82, 2.24) is 19.0 Å². The summed E-state index contributed by atoms with van der Waals surface area (Å²) in [4.78, 5) is 31.7. The van der Waals surface area contributed by atoms with Crippen LogP contribution in [0.5, 0.6) is 11.5 Å². The number of likely N-dealkylation sites (tertiary alicyclic amines) is 1. The zero-order valence-corrected chi connectivity index (χ0v) is 18.1. The molecule has 0 saturated carbocycles. The molecule has 1 atom stereocenters. The van der Waals surface area contributed by atoms with E-state index in [0.717, 1.165) is 22.5 Å². The number of fused-ring (bicyclic) bond motifs is 1. The van der Waals surface area contributed by atoms with Crippen molar-refractivity contribution in [2.75, 3.05) is 13.1 Å². The molecule has 2 aromatic carbocycles. The molecule has 1 amide bonds. The van der Waals surface area contributed by atoms with Gasteiger partial charge in [-0.2, -0.15) is 0 Å². The second-order valence-electron chi connectivity index (χ2n) is 7.83. The maximum atomic E-state index is 13.6. The average Bonchev–Trinajstić information content (AvgIpc) is 3.43. The Morgan fingerprint density at radius 3 is 2.55 bits per heavy atom. The van der Waals surface area contributed by atoms with Gasteiger partial charge in [0.15, 0.2) is 0 Å². The van der Waals surface area contributed by atoms with E-state index in [2.05, 4.69) is 16.8 Å². The molecule has 5 rings (SSSR count). The Hall–Kier alpha value is -4.31. The van der Waals surface area contributed by atoms with E-state index in [4.69, 9.17) is 4.74 Å². The van der Waals surface area contributed by atoms with Crippen LogP contribution in [0.25, 0.3) is 16.7 Å². The summed E-state index contributed by atoms with van der Waals surface area (Å²) >= 11 is 0. The van der Waals surface area contributed by atoms with Gasteiger partial charge in [-0.3, -0.25) is 18.9 Å². The van der Waals surface area contributed by atoms with Gasteiger partial charge in [0.05, 0.1) is 29.0 Å². The van der Waals surface area contributed by atoms with Gasteiger partial charge in [-0.1, -0.05) is 24.1 Å². The Kier molecular flexibility index (Phi) is 5.41. The van der Waals surface area contributed by atoms with Crippen LogP contribution in [0.2, 0.25) is 0 Å². The van der Waals surface area contributed by atoms with Crippen molar-refractivity contribution < 1.29 is 9.53 Å². The number of imidazole rings is 1. The third-order valence-electron chi connectivity index (χ3n) is 5.80. The zero-order chi connectivity index (χ0) is 22.8. The van der Waals surface area contributed by atoms with E-state index in [1.807, 2.05) is 60.7 Å². The molecule has 7 heteroatoms. The van der Waals surface area contributed by atoms with Crippen LogP contribution < -0.4 is 10.4 Å². The van der Waals surface area contributed by atoms with E-state index in [9.17, 15) is 9.59 Å². The quantitative estimate of drug-likeness (QED) is 0.455. The monoisotopic (exact) mass is 438 g/mol. The molecule has 0 N–H and O–H groups in total. The number of carbonyl (C=O) groups is 1. The fourth-order valence-electron chi connectivity index (χ4n) is 4.28. The van der Waals surface area contributed by atoms with Crippen LogP contribution in [0, 0.1) is 11.8 Å². The number of hydrogen-bond acceptors (Lipinski definition) is 4. The highest BCUT2D eigenvalue weighted by Crippen LogP contribution is 2.27. The normalized spacial score (nSPS) is 15.3. The van der Waals surface area contributed by atoms with E-state index in [0.29, 0.717) is 25.3 Å². The fraction of sp³-hybridized carbons (Fsp3) is 0.192. The Balaban J connectivity index is 1.50. The van der Waals surface area contributed by atoms with Crippen LogP contribution in [-0.2, 0) is 4.79 Å². The lowest BCUT2D eigenvalue weighted by Gasteiger charge is -2.14. The highest BCUT2D eigenvalue weighted by molar-refractivity contribution is 5.93. The van der Waals surface area contributed by atoms with Crippen molar-refractivity contribution in [3.05, 3.63) is 83.5 Å². The molecule has 2 aromatic heterocycles. The number of amides is 1. The molecular weight excluding hydrogens is 416 g/mol. The summed E-state index contributed by atoms with van der Waals surface area (Å²) in [5, 5.41) is 0.